The van der Waals surface area contributed by atoms with E-state index in [4.69, 9.17) is 0 Å². The van der Waals surface area contributed by atoms with Crippen LogP contribution in [-0.2, 0) is 11.3 Å². The summed E-state index contributed by atoms with van der Waals surface area (Å²) in [6.45, 7) is 2.05. The first kappa shape index (κ1) is 18.6. The fourth-order valence-electron chi connectivity index (χ4n) is 2.59. The van der Waals surface area contributed by atoms with Gasteiger partial charge in [-0.2, -0.15) is 0 Å². The number of hydrogen-bond acceptors (Lipinski definition) is 5. The molecule has 1 aliphatic rings. The van der Waals surface area contributed by atoms with E-state index in [9.17, 15) is 24.8 Å². The first-order chi connectivity index (χ1) is 12.8. The molecule has 0 unspecified atom stereocenters. The number of aryl methyl sites for hydroxylation is 1. The van der Waals surface area contributed by atoms with Gasteiger partial charge in [0.05, 0.1) is 15.9 Å². The highest BCUT2D eigenvalue weighted by Crippen LogP contribution is 2.35. The second kappa shape index (κ2) is 7.20. The lowest BCUT2D eigenvalue weighted by Crippen LogP contribution is -2.30. The molecule has 3 rings (SSSR count). The van der Waals surface area contributed by atoms with Gasteiger partial charge < -0.3 is 10.4 Å². The van der Waals surface area contributed by atoms with Crippen LogP contribution in [0.15, 0.2) is 46.6 Å². The highest BCUT2D eigenvalue weighted by atomic mass is 79.9. The van der Waals surface area contributed by atoms with E-state index < -0.39 is 28.3 Å². The lowest BCUT2D eigenvalue weighted by Gasteiger charge is -2.11. The maximum Gasteiger partial charge on any atom is 0.329 e. The van der Waals surface area contributed by atoms with Crippen molar-refractivity contribution in [3.63, 3.8) is 0 Å². The number of halogens is 1. The fourth-order valence-corrected chi connectivity index (χ4v) is 3.05. The van der Waals surface area contributed by atoms with Crippen LogP contribution in [0.25, 0.3) is 6.08 Å². The number of nitrogens with one attached hydrogen (secondary N) is 1. The number of phenols is 1. The number of phenolic OH excluding ortho intramolecular Hbond substituents is 1. The van der Waals surface area contributed by atoms with Gasteiger partial charge in [0.2, 0.25) is 5.75 Å². The van der Waals surface area contributed by atoms with Crippen LogP contribution in [0.2, 0.25) is 0 Å². The molecule has 9 heteroatoms. The van der Waals surface area contributed by atoms with Crippen molar-refractivity contribution in [3.05, 3.63) is 73.4 Å². The van der Waals surface area contributed by atoms with Crippen LogP contribution < -0.4 is 5.32 Å². The van der Waals surface area contributed by atoms with Gasteiger partial charge >= 0.3 is 11.7 Å². The second-order valence-corrected chi connectivity index (χ2v) is 6.85. The molecule has 138 valence electrons. The number of imide groups is 1. The van der Waals surface area contributed by atoms with Crippen molar-refractivity contribution in [2.75, 3.05) is 0 Å². The zero-order chi connectivity index (χ0) is 19.7. The third-order valence-corrected chi connectivity index (χ3v) is 4.60. The molecule has 2 N–H and O–H groups in total. The molecule has 0 bridgehead atoms. The smallest absolute Gasteiger partial charge is 0.329 e. The van der Waals surface area contributed by atoms with E-state index in [1.807, 2.05) is 31.2 Å². The van der Waals surface area contributed by atoms with Crippen molar-refractivity contribution >= 4 is 39.6 Å². The van der Waals surface area contributed by atoms with Crippen LogP contribution in [0.1, 0.15) is 16.7 Å². The fraction of sp³-hybridized carbons (Fsp3) is 0.111. The monoisotopic (exact) mass is 431 g/mol. The van der Waals surface area contributed by atoms with Gasteiger partial charge in [0.25, 0.3) is 5.91 Å². The van der Waals surface area contributed by atoms with Gasteiger partial charge in [0.1, 0.15) is 5.70 Å². The molecule has 0 spiro atoms. The highest BCUT2D eigenvalue weighted by molar-refractivity contribution is 9.10. The summed E-state index contributed by atoms with van der Waals surface area (Å²) >= 11 is 3.04. The maximum atomic E-state index is 12.5. The van der Waals surface area contributed by atoms with E-state index in [-0.39, 0.29) is 22.3 Å². The second-order valence-electron chi connectivity index (χ2n) is 5.99. The minimum atomic E-state index is -0.735. The Labute approximate surface area is 162 Å². The maximum absolute atomic E-state index is 12.5. The summed E-state index contributed by atoms with van der Waals surface area (Å²) in [7, 11) is 0. The number of amides is 3. The first-order valence-electron chi connectivity index (χ1n) is 7.83. The summed E-state index contributed by atoms with van der Waals surface area (Å²) < 4.78 is 0.108. The van der Waals surface area contributed by atoms with Gasteiger partial charge in [-0.1, -0.05) is 29.8 Å². The standard InChI is InChI=1S/C18H14BrN3O5/c1-10-2-4-11(5-3-10)9-21-17(24)14(20-18(21)25)7-12-6-13(19)16(23)15(8-12)22(26)27/h2-8,23H,9H2,1H3,(H,20,25)/b14-7+. The van der Waals surface area contributed by atoms with Gasteiger partial charge in [-0.05, 0) is 46.1 Å². The Morgan fingerprint density at radius 1 is 1.26 bits per heavy atom. The van der Waals surface area contributed by atoms with Gasteiger partial charge in [0, 0.05) is 6.07 Å². The summed E-state index contributed by atoms with van der Waals surface area (Å²) in [4.78, 5) is 36.0. The number of aromatic hydroxyl groups is 1. The largest absolute Gasteiger partial charge is 0.501 e. The Balaban J connectivity index is 1.88. The number of hydrogen-bond donors (Lipinski definition) is 2. The molecule has 0 atom stereocenters. The van der Waals surface area contributed by atoms with Crippen LogP contribution in [0.3, 0.4) is 0 Å². The zero-order valence-electron chi connectivity index (χ0n) is 14.1. The quantitative estimate of drug-likeness (QED) is 0.333. The van der Waals surface area contributed by atoms with Crippen LogP contribution in [0.4, 0.5) is 10.5 Å². The number of nitrogens with zero attached hydrogens (tertiary/aromatic N) is 2. The SMILES string of the molecule is Cc1ccc(CN2C(=O)N/C(=C/c3cc(Br)c(O)c([N+](=O)[O-])c3)C2=O)cc1. The Kier molecular flexibility index (Phi) is 4.95. The lowest BCUT2D eigenvalue weighted by atomic mass is 10.1. The summed E-state index contributed by atoms with van der Waals surface area (Å²) in [6, 6.07) is 9.40. The number of benzene rings is 2. The number of carbonyl (C=O) groups excluding carboxylic acids is 2. The van der Waals surface area contributed by atoms with Crippen molar-refractivity contribution in [2.24, 2.45) is 0 Å². The van der Waals surface area contributed by atoms with Gasteiger partial charge in [-0.3, -0.25) is 19.8 Å². The van der Waals surface area contributed by atoms with Gasteiger partial charge in [-0.25, -0.2) is 4.79 Å². The van der Waals surface area contributed by atoms with Crippen molar-refractivity contribution in [3.8, 4) is 5.75 Å². The molecule has 2 aromatic rings. The van der Waals surface area contributed by atoms with E-state index in [1.54, 1.807) is 0 Å². The number of nitro benzene ring substituents is 1. The molecule has 1 saturated heterocycles. The Morgan fingerprint density at radius 3 is 2.56 bits per heavy atom. The van der Waals surface area contributed by atoms with E-state index in [0.717, 1.165) is 22.1 Å². The van der Waals surface area contributed by atoms with Crippen molar-refractivity contribution in [1.82, 2.24) is 10.2 Å². The molecule has 1 fully saturated rings. The van der Waals surface area contributed by atoms with Gasteiger partial charge in [-0.15, -0.1) is 0 Å². The van der Waals surface area contributed by atoms with Crippen LogP contribution in [-0.4, -0.2) is 26.9 Å². The van der Waals surface area contributed by atoms with E-state index in [2.05, 4.69) is 21.2 Å². The Hall–Kier alpha value is -3.20. The summed E-state index contributed by atoms with van der Waals surface area (Å²) in [5.41, 5.74) is 1.64. The van der Waals surface area contributed by atoms with E-state index >= 15 is 0 Å². The molecule has 0 aromatic heterocycles. The predicted octanol–water partition coefficient (Wildman–Crippen LogP) is 3.46. The third-order valence-electron chi connectivity index (χ3n) is 4.00. The molecule has 1 heterocycles. The summed E-state index contributed by atoms with van der Waals surface area (Å²) in [5.74, 6) is -1.04. The average molecular weight is 432 g/mol. The topological polar surface area (TPSA) is 113 Å². The minimum absolute atomic E-state index is 0.000926. The lowest BCUT2D eigenvalue weighted by molar-refractivity contribution is -0.386. The molecule has 0 aliphatic carbocycles. The Bertz CT molecular complexity index is 985. The molecule has 8 nitrogen and oxygen atoms in total. The first-order valence-corrected chi connectivity index (χ1v) is 8.62. The van der Waals surface area contributed by atoms with Crippen molar-refractivity contribution in [2.45, 2.75) is 13.5 Å². The molecule has 0 saturated carbocycles. The van der Waals surface area contributed by atoms with Crippen LogP contribution >= 0.6 is 15.9 Å². The normalized spacial score (nSPS) is 15.3. The molecule has 1 aliphatic heterocycles. The number of urea groups is 1. The van der Waals surface area contributed by atoms with Crippen molar-refractivity contribution in [1.29, 1.82) is 0 Å². The van der Waals surface area contributed by atoms with Crippen LogP contribution in [0.5, 0.6) is 5.75 Å². The predicted molar refractivity (Wildman–Crippen MR) is 101 cm³/mol. The summed E-state index contributed by atoms with van der Waals surface area (Å²) in [5, 5.41) is 23.2. The Morgan fingerprint density at radius 2 is 1.93 bits per heavy atom. The molecular formula is C18H14BrN3O5. The molecule has 2 aromatic carbocycles. The molecule has 27 heavy (non-hydrogen) atoms. The van der Waals surface area contributed by atoms with E-state index in [0.29, 0.717) is 0 Å². The molecule has 0 radical (unpaired) electrons. The number of carbonyl (C=O) groups is 2. The average Bonchev–Trinajstić information content (AvgIpc) is 2.87. The third kappa shape index (κ3) is 3.82. The highest BCUT2D eigenvalue weighted by Gasteiger charge is 2.33. The number of rotatable bonds is 4. The number of nitro groups is 1. The van der Waals surface area contributed by atoms with Gasteiger partial charge in [0.15, 0.2) is 0 Å². The molecule has 3 amide bonds. The molecular weight excluding hydrogens is 418 g/mol. The van der Waals surface area contributed by atoms with E-state index in [1.165, 1.54) is 12.1 Å². The van der Waals surface area contributed by atoms with Crippen LogP contribution in [0, 0.1) is 17.0 Å². The minimum Gasteiger partial charge on any atom is -0.501 e. The van der Waals surface area contributed by atoms with Crippen molar-refractivity contribution < 1.29 is 19.6 Å². The zero-order valence-corrected chi connectivity index (χ0v) is 15.7. The summed E-state index contributed by atoms with van der Waals surface area (Å²) in [6.07, 6.45) is 1.33.